The molecule has 0 heterocycles. The first-order valence-corrected chi connectivity index (χ1v) is 8.37. The monoisotopic (exact) mass is 283 g/mol. The maximum absolute atomic E-state index is 13.8. The molecule has 0 saturated heterocycles. The van der Waals surface area contributed by atoms with Crippen molar-refractivity contribution in [3.05, 3.63) is 35.6 Å². The van der Waals surface area contributed by atoms with Crippen molar-refractivity contribution in [1.29, 1.82) is 0 Å². The van der Waals surface area contributed by atoms with Crippen LogP contribution in [0.4, 0.5) is 4.39 Å². The zero-order valence-electron chi connectivity index (χ0n) is 12.5. The van der Waals surface area contributed by atoms with Crippen LogP contribution in [0.25, 0.3) is 0 Å². The molecule has 108 valence electrons. The van der Waals surface area contributed by atoms with Crippen LogP contribution in [-0.2, 0) is 0 Å². The quantitative estimate of drug-likeness (QED) is 0.736. The molecule has 1 N–H and O–H groups in total. The van der Waals surface area contributed by atoms with Gasteiger partial charge in [0.1, 0.15) is 5.82 Å². The Bertz CT molecular complexity index is 369. The minimum atomic E-state index is -0.107. The Morgan fingerprint density at radius 2 is 1.84 bits per heavy atom. The lowest BCUT2D eigenvalue weighted by molar-refractivity contribution is 0.427. The molecule has 1 aromatic rings. The molecule has 3 heteroatoms. The summed E-state index contributed by atoms with van der Waals surface area (Å²) in [6.45, 7) is 7.48. The van der Waals surface area contributed by atoms with E-state index in [1.807, 2.05) is 23.9 Å². The maximum Gasteiger partial charge on any atom is 0.127 e. The summed E-state index contributed by atoms with van der Waals surface area (Å²) in [5.41, 5.74) is 0.784. The van der Waals surface area contributed by atoms with Crippen LogP contribution >= 0.6 is 11.8 Å². The number of hydrogen-bond donors (Lipinski definition) is 1. The molecule has 0 aliphatic rings. The predicted octanol–water partition coefficient (Wildman–Crippen LogP) is 4.79. The van der Waals surface area contributed by atoms with Gasteiger partial charge in [-0.05, 0) is 31.6 Å². The Labute approximate surface area is 121 Å². The van der Waals surface area contributed by atoms with E-state index < -0.39 is 0 Å². The van der Waals surface area contributed by atoms with E-state index in [1.165, 1.54) is 0 Å². The molecule has 1 nitrogen and oxygen atoms in total. The summed E-state index contributed by atoms with van der Waals surface area (Å²) in [6.07, 6.45) is 5.33. The molecule has 1 atom stereocenters. The van der Waals surface area contributed by atoms with E-state index in [2.05, 4.69) is 32.3 Å². The molecule has 1 aromatic carbocycles. The van der Waals surface area contributed by atoms with Crippen LogP contribution in [0.2, 0.25) is 0 Å². The topological polar surface area (TPSA) is 12.0 Å². The zero-order valence-corrected chi connectivity index (χ0v) is 13.3. The second-order valence-electron chi connectivity index (χ2n) is 4.96. The molecule has 1 rings (SSSR count). The first kappa shape index (κ1) is 16.5. The maximum atomic E-state index is 13.8. The molecule has 0 spiro atoms. The smallest absolute Gasteiger partial charge is 0.127 e. The van der Waals surface area contributed by atoms with Crippen molar-refractivity contribution in [1.82, 2.24) is 5.32 Å². The first-order chi connectivity index (χ1) is 9.12. The SMILES string of the molecule is CCC(NCC(CC)(CC)SC)c1ccccc1F. The van der Waals surface area contributed by atoms with Crippen molar-refractivity contribution < 1.29 is 4.39 Å². The molecule has 0 fully saturated rings. The van der Waals surface area contributed by atoms with E-state index in [-0.39, 0.29) is 16.6 Å². The Hall–Kier alpha value is -0.540. The van der Waals surface area contributed by atoms with E-state index in [4.69, 9.17) is 0 Å². The fraction of sp³-hybridized carbons (Fsp3) is 0.625. The summed E-state index contributed by atoms with van der Waals surface area (Å²) in [5.74, 6) is -0.107. The summed E-state index contributed by atoms with van der Waals surface area (Å²) in [7, 11) is 0. The molecule has 1 unspecified atom stereocenters. The highest BCUT2D eigenvalue weighted by Gasteiger charge is 2.26. The minimum Gasteiger partial charge on any atom is -0.308 e. The highest BCUT2D eigenvalue weighted by atomic mass is 32.2. The van der Waals surface area contributed by atoms with Gasteiger partial charge in [0.2, 0.25) is 0 Å². The molecular weight excluding hydrogens is 257 g/mol. The van der Waals surface area contributed by atoms with Crippen LogP contribution in [0.1, 0.15) is 51.6 Å². The minimum absolute atomic E-state index is 0.103. The van der Waals surface area contributed by atoms with Gasteiger partial charge in [0.25, 0.3) is 0 Å². The molecule has 19 heavy (non-hydrogen) atoms. The molecule has 0 radical (unpaired) electrons. The Morgan fingerprint density at radius 1 is 1.21 bits per heavy atom. The average Bonchev–Trinajstić information content (AvgIpc) is 2.46. The molecular formula is C16H26FNS. The lowest BCUT2D eigenvalue weighted by Crippen LogP contribution is -2.38. The van der Waals surface area contributed by atoms with Crippen molar-refractivity contribution in [2.45, 2.75) is 50.8 Å². The first-order valence-electron chi connectivity index (χ1n) is 7.15. The molecule has 0 saturated carbocycles. The van der Waals surface area contributed by atoms with Crippen LogP contribution in [0.5, 0.6) is 0 Å². The van der Waals surface area contributed by atoms with E-state index >= 15 is 0 Å². The summed E-state index contributed by atoms with van der Waals surface area (Å²) in [5, 5.41) is 3.56. The van der Waals surface area contributed by atoms with E-state index in [1.54, 1.807) is 12.1 Å². The second kappa shape index (κ2) is 7.91. The van der Waals surface area contributed by atoms with E-state index in [0.29, 0.717) is 0 Å². The number of nitrogens with one attached hydrogen (secondary N) is 1. The number of rotatable bonds is 8. The average molecular weight is 283 g/mol. The Kier molecular flexibility index (Phi) is 6.87. The fourth-order valence-corrected chi connectivity index (χ4v) is 3.21. The summed E-state index contributed by atoms with van der Waals surface area (Å²) in [6, 6.07) is 7.18. The van der Waals surface area contributed by atoms with Crippen molar-refractivity contribution >= 4 is 11.8 Å². The van der Waals surface area contributed by atoms with E-state index in [0.717, 1.165) is 31.4 Å². The van der Waals surface area contributed by atoms with Crippen LogP contribution in [0, 0.1) is 5.82 Å². The molecule has 0 aromatic heterocycles. The number of halogens is 1. The largest absolute Gasteiger partial charge is 0.308 e. The lowest BCUT2D eigenvalue weighted by Gasteiger charge is -2.32. The zero-order chi connectivity index (χ0) is 14.3. The predicted molar refractivity (Wildman–Crippen MR) is 84.3 cm³/mol. The molecule has 0 bridgehead atoms. The normalized spacial score (nSPS) is 13.5. The summed E-state index contributed by atoms with van der Waals surface area (Å²) < 4.78 is 14.1. The third kappa shape index (κ3) is 4.22. The molecule has 0 amide bonds. The van der Waals surface area contributed by atoms with Crippen LogP contribution < -0.4 is 5.32 Å². The number of benzene rings is 1. The highest BCUT2D eigenvalue weighted by Crippen LogP contribution is 2.31. The highest BCUT2D eigenvalue weighted by molar-refractivity contribution is 8.00. The van der Waals surface area contributed by atoms with Gasteiger partial charge in [0.15, 0.2) is 0 Å². The van der Waals surface area contributed by atoms with Crippen molar-refractivity contribution in [3.63, 3.8) is 0 Å². The van der Waals surface area contributed by atoms with Gasteiger partial charge in [0.05, 0.1) is 0 Å². The van der Waals surface area contributed by atoms with Gasteiger partial charge in [-0.15, -0.1) is 0 Å². The second-order valence-corrected chi connectivity index (χ2v) is 6.23. The van der Waals surface area contributed by atoms with Gasteiger partial charge in [-0.2, -0.15) is 11.8 Å². The molecule has 0 aliphatic heterocycles. The third-order valence-corrected chi connectivity index (χ3v) is 5.67. The van der Waals surface area contributed by atoms with Gasteiger partial charge in [0, 0.05) is 22.9 Å². The van der Waals surface area contributed by atoms with Gasteiger partial charge in [-0.25, -0.2) is 4.39 Å². The van der Waals surface area contributed by atoms with Gasteiger partial charge < -0.3 is 5.32 Å². The van der Waals surface area contributed by atoms with Crippen LogP contribution in [0.3, 0.4) is 0 Å². The Morgan fingerprint density at radius 3 is 2.32 bits per heavy atom. The van der Waals surface area contributed by atoms with Crippen molar-refractivity contribution in [3.8, 4) is 0 Å². The van der Waals surface area contributed by atoms with E-state index in [9.17, 15) is 4.39 Å². The van der Waals surface area contributed by atoms with Gasteiger partial charge in [-0.3, -0.25) is 0 Å². The van der Waals surface area contributed by atoms with Crippen molar-refractivity contribution in [2.75, 3.05) is 12.8 Å². The standard InChI is InChI=1S/C16H26FNS/c1-5-15(13-10-8-9-11-14(13)17)18-12-16(6-2,7-3)19-4/h8-11,15,18H,5-7,12H2,1-4H3. The van der Waals surface area contributed by atoms with Crippen molar-refractivity contribution in [2.24, 2.45) is 0 Å². The van der Waals surface area contributed by atoms with Gasteiger partial charge in [-0.1, -0.05) is 39.0 Å². The summed E-state index contributed by atoms with van der Waals surface area (Å²) >= 11 is 1.91. The Balaban J connectivity index is 2.76. The third-order valence-electron chi connectivity index (χ3n) is 4.08. The number of thioether (sulfide) groups is 1. The lowest BCUT2D eigenvalue weighted by atomic mass is 9.99. The fourth-order valence-electron chi connectivity index (χ4n) is 2.40. The van der Waals surface area contributed by atoms with Gasteiger partial charge >= 0.3 is 0 Å². The summed E-state index contributed by atoms with van der Waals surface area (Å²) in [4.78, 5) is 0. The van der Waals surface area contributed by atoms with Crippen LogP contribution in [-0.4, -0.2) is 17.5 Å². The molecule has 0 aliphatic carbocycles. The van der Waals surface area contributed by atoms with Crippen LogP contribution in [0.15, 0.2) is 24.3 Å². The number of hydrogen-bond acceptors (Lipinski definition) is 2.